The van der Waals surface area contributed by atoms with Gasteiger partial charge in [-0.25, -0.2) is 4.39 Å². The maximum absolute atomic E-state index is 12.9. The summed E-state index contributed by atoms with van der Waals surface area (Å²) >= 11 is 0. The van der Waals surface area contributed by atoms with Gasteiger partial charge in [0.05, 0.1) is 6.04 Å². The van der Waals surface area contributed by atoms with Gasteiger partial charge in [-0.1, -0.05) is 31.2 Å². The van der Waals surface area contributed by atoms with Gasteiger partial charge in [-0.2, -0.15) is 0 Å². The highest BCUT2D eigenvalue weighted by Gasteiger charge is 2.19. The Kier molecular flexibility index (Phi) is 6.53. The Bertz CT molecular complexity index is 684. The quantitative estimate of drug-likeness (QED) is 0.807. The largest absolute Gasteiger partial charge is 0.489 e. The minimum Gasteiger partial charge on any atom is -0.489 e. The first-order valence-corrected chi connectivity index (χ1v) is 8.40. The number of ether oxygens (including phenoxy) is 1. The summed E-state index contributed by atoms with van der Waals surface area (Å²) < 4.78 is 18.6. The summed E-state index contributed by atoms with van der Waals surface area (Å²) in [5.41, 5.74) is 7.65. The number of carbonyl (C=O) groups excluding carboxylic acids is 1. The first kappa shape index (κ1) is 18.9. The Hall–Kier alpha value is -2.40. The number of carbonyl (C=O) groups is 1. The van der Waals surface area contributed by atoms with E-state index in [0.29, 0.717) is 6.61 Å². The molecule has 1 amide bonds. The average molecular weight is 344 g/mol. The zero-order chi connectivity index (χ0) is 18.4. The maximum atomic E-state index is 12.9. The third kappa shape index (κ3) is 5.57. The lowest BCUT2D eigenvalue weighted by Gasteiger charge is -2.20. The van der Waals surface area contributed by atoms with E-state index >= 15 is 0 Å². The zero-order valence-electron chi connectivity index (χ0n) is 14.8. The lowest BCUT2D eigenvalue weighted by atomic mass is 10.0. The maximum Gasteiger partial charge on any atom is 0.224 e. The first-order chi connectivity index (χ1) is 11.9. The van der Waals surface area contributed by atoms with Crippen molar-refractivity contribution in [3.8, 4) is 5.75 Å². The van der Waals surface area contributed by atoms with Crippen molar-refractivity contribution in [2.75, 3.05) is 0 Å². The number of nitrogens with one attached hydrogen (secondary N) is 1. The third-order valence-electron chi connectivity index (χ3n) is 4.26. The molecule has 2 aromatic carbocycles. The molecular formula is C20H25FN2O2. The highest BCUT2D eigenvalue weighted by molar-refractivity contribution is 5.79. The van der Waals surface area contributed by atoms with Gasteiger partial charge in [0, 0.05) is 12.0 Å². The van der Waals surface area contributed by atoms with Crippen LogP contribution in [0.2, 0.25) is 0 Å². The molecule has 0 fully saturated rings. The molecule has 0 aliphatic carbocycles. The van der Waals surface area contributed by atoms with Crippen LogP contribution in [0.5, 0.6) is 5.75 Å². The van der Waals surface area contributed by atoms with Gasteiger partial charge < -0.3 is 15.8 Å². The Morgan fingerprint density at radius 1 is 1.08 bits per heavy atom. The van der Waals surface area contributed by atoms with E-state index in [2.05, 4.69) is 5.32 Å². The van der Waals surface area contributed by atoms with E-state index in [0.717, 1.165) is 16.9 Å². The van der Waals surface area contributed by atoms with E-state index in [-0.39, 0.29) is 29.7 Å². The van der Waals surface area contributed by atoms with Gasteiger partial charge in [-0.15, -0.1) is 0 Å². The summed E-state index contributed by atoms with van der Waals surface area (Å²) in [5, 5.41) is 2.96. The Balaban J connectivity index is 1.90. The molecule has 0 heterocycles. The first-order valence-electron chi connectivity index (χ1n) is 8.40. The molecule has 5 heteroatoms. The van der Waals surface area contributed by atoms with Crippen molar-refractivity contribution in [1.82, 2.24) is 5.32 Å². The second-order valence-electron chi connectivity index (χ2n) is 6.36. The molecular weight excluding hydrogens is 319 g/mol. The Morgan fingerprint density at radius 3 is 2.24 bits per heavy atom. The number of rotatable bonds is 7. The van der Waals surface area contributed by atoms with Crippen molar-refractivity contribution in [1.29, 1.82) is 0 Å². The molecule has 0 spiro atoms. The van der Waals surface area contributed by atoms with Crippen LogP contribution in [0.15, 0.2) is 48.5 Å². The molecule has 0 saturated heterocycles. The van der Waals surface area contributed by atoms with Gasteiger partial charge in [0.25, 0.3) is 0 Å². The highest BCUT2D eigenvalue weighted by atomic mass is 19.1. The molecule has 2 aromatic rings. The molecule has 3 N–H and O–H groups in total. The summed E-state index contributed by atoms with van der Waals surface area (Å²) in [5.74, 6) is 0.165. The number of hydrogen-bond donors (Lipinski definition) is 2. The van der Waals surface area contributed by atoms with Crippen LogP contribution >= 0.6 is 0 Å². The van der Waals surface area contributed by atoms with E-state index in [4.69, 9.17) is 10.5 Å². The van der Waals surface area contributed by atoms with Crippen LogP contribution in [-0.2, 0) is 11.4 Å². The summed E-state index contributed by atoms with van der Waals surface area (Å²) in [6, 6.07) is 13.5. The molecule has 0 bridgehead atoms. The van der Waals surface area contributed by atoms with Crippen molar-refractivity contribution in [2.24, 2.45) is 11.7 Å². The molecule has 3 atom stereocenters. The molecule has 134 valence electrons. The fraction of sp³-hybridized carbons (Fsp3) is 0.350. The van der Waals surface area contributed by atoms with Crippen molar-refractivity contribution in [2.45, 2.75) is 39.5 Å². The zero-order valence-corrected chi connectivity index (χ0v) is 14.8. The summed E-state index contributed by atoms with van der Waals surface area (Å²) in [6.45, 7) is 5.94. The lowest BCUT2D eigenvalue weighted by molar-refractivity contribution is -0.125. The third-order valence-corrected chi connectivity index (χ3v) is 4.26. The summed E-state index contributed by atoms with van der Waals surface area (Å²) in [4.78, 5) is 12.1. The van der Waals surface area contributed by atoms with Crippen LogP contribution in [0.1, 0.15) is 37.9 Å². The molecule has 0 aliphatic heterocycles. The minimum atomic E-state index is -0.262. The van der Waals surface area contributed by atoms with E-state index in [1.54, 1.807) is 12.1 Å². The Labute approximate surface area is 148 Å². The molecule has 0 radical (unpaired) electrons. The summed E-state index contributed by atoms with van der Waals surface area (Å²) in [7, 11) is 0. The normalized spacial score (nSPS) is 14.4. The van der Waals surface area contributed by atoms with Gasteiger partial charge in [0.15, 0.2) is 0 Å². The fourth-order valence-electron chi connectivity index (χ4n) is 2.27. The van der Waals surface area contributed by atoms with Gasteiger partial charge >= 0.3 is 0 Å². The van der Waals surface area contributed by atoms with Gasteiger partial charge in [0.1, 0.15) is 18.2 Å². The van der Waals surface area contributed by atoms with E-state index in [1.807, 2.05) is 45.0 Å². The van der Waals surface area contributed by atoms with Crippen molar-refractivity contribution >= 4 is 5.91 Å². The minimum absolute atomic E-state index is 0.0564. The lowest BCUT2D eigenvalue weighted by Crippen LogP contribution is -2.39. The second-order valence-corrected chi connectivity index (χ2v) is 6.36. The van der Waals surface area contributed by atoms with Crippen LogP contribution in [0.3, 0.4) is 0 Å². The van der Waals surface area contributed by atoms with Crippen LogP contribution in [-0.4, -0.2) is 11.9 Å². The molecule has 4 nitrogen and oxygen atoms in total. The van der Waals surface area contributed by atoms with Gasteiger partial charge in [0.2, 0.25) is 5.91 Å². The van der Waals surface area contributed by atoms with Crippen LogP contribution in [0, 0.1) is 11.7 Å². The van der Waals surface area contributed by atoms with E-state index in [1.165, 1.54) is 12.1 Å². The van der Waals surface area contributed by atoms with Gasteiger partial charge in [-0.05, 0) is 49.2 Å². The molecule has 25 heavy (non-hydrogen) atoms. The monoisotopic (exact) mass is 344 g/mol. The summed E-state index contributed by atoms with van der Waals surface area (Å²) in [6.07, 6.45) is 0. The molecule has 0 saturated carbocycles. The fourth-order valence-corrected chi connectivity index (χ4v) is 2.27. The number of hydrogen-bond acceptors (Lipinski definition) is 3. The van der Waals surface area contributed by atoms with Crippen molar-refractivity contribution < 1.29 is 13.9 Å². The SMILES string of the molecule is CC(NC(=O)C(C)C(C)N)c1ccc(OCc2ccc(F)cc2)cc1. The van der Waals surface area contributed by atoms with Crippen molar-refractivity contribution in [3.05, 3.63) is 65.5 Å². The number of amides is 1. The second kappa shape index (κ2) is 8.62. The number of nitrogens with two attached hydrogens (primary N) is 1. The van der Waals surface area contributed by atoms with Crippen LogP contribution < -0.4 is 15.8 Å². The molecule has 0 aromatic heterocycles. The predicted molar refractivity (Wildman–Crippen MR) is 96.5 cm³/mol. The molecule has 3 unspecified atom stereocenters. The number of benzene rings is 2. The predicted octanol–water partition coefficient (Wildman–Crippen LogP) is 3.57. The topological polar surface area (TPSA) is 64.4 Å². The van der Waals surface area contributed by atoms with E-state index < -0.39 is 0 Å². The smallest absolute Gasteiger partial charge is 0.224 e. The van der Waals surface area contributed by atoms with E-state index in [9.17, 15) is 9.18 Å². The van der Waals surface area contributed by atoms with Crippen molar-refractivity contribution in [3.63, 3.8) is 0 Å². The standard InChI is InChI=1S/C20H25FN2O2/c1-13(14(2)22)20(24)23-15(3)17-6-10-19(11-7-17)25-12-16-4-8-18(21)9-5-16/h4-11,13-15H,12,22H2,1-3H3,(H,23,24). The van der Waals surface area contributed by atoms with Crippen LogP contribution in [0.25, 0.3) is 0 Å². The molecule has 0 aliphatic rings. The van der Waals surface area contributed by atoms with Gasteiger partial charge in [-0.3, -0.25) is 4.79 Å². The van der Waals surface area contributed by atoms with Crippen LogP contribution in [0.4, 0.5) is 4.39 Å². The molecule has 2 rings (SSSR count). The average Bonchev–Trinajstić information content (AvgIpc) is 2.60. The highest BCUT2D eigenvalue weighted by Crippen LogP contribution is 2.19. The number of halogens is 1. The Morgan fingerprint density at radius 2 is 1.68 bits per heavy atom.